The standard InChI is InChI=1S/C12H14BrClFNO/c1-7(13)5-8(2)16-12(17)10-4-3-9(15)6-11(10)14/h3-4,6-8H,5H2,1-2H3,(H,16,17). The van der Waals surface area contributed by atoms with Gasteiger partial charge in [0.1, 0.15) is 5.82 Å². The van der Waals surface area contributed by atoms with Crippen LogP contribution in [0.5, 0.6) is 0 Å². The van der Waals surface area contributed by atoms with Crippen molar-refractivity contribution in [2.75, 3.05) is 0 Å². The van der Waals surface area contributed by atoms with Gasteiger partial charge in [0.25, 0.3) is 5.91 Å². The highest BCUT2D eigenvalue weighted by molar-refractivity contribution is 9.09. The monoisotopic (exact) mass is 321 g/mol. The summed E-state index contributed by atoms with van der Waals surface area (Å²) in [6, 6.07) is 3.77. The van der Waals surface area contributed by atoms with Crippen LogP contribution in [0.1, 0.15) is 30.6 Å². The number of carbonyl (C=O) groups excluding carboxylic acids is 1. The number of nitrogens with one attached hydrogen (secondary N) is 1. The van der Waals surface area contributed by atoms with Crippen molar-refractivity contribution in [1.82, 2.24) is 5.32 Å². The highest BCUT2D eigenvalue weighted by Gasteiger charge is 2.14. The first-order valence-corrected chi connectivity index (χ1v) is 6.59. The number of alkyl halides is 1. The van der Waals surface area contributed by atoms with Gasteiger partial charge in [-0.2, -0.15) is 0 Å². The molecule has 2 atom stereocenters. The molecule has 94 valence electrons. The molecule has 0 aliphatic carbocycles. The molecule has 0 saturated heterocycles. The van der Waals surface area contributed by atoms with Crippen molar-refractivity contribution < 1.29 is 9.18 Å². The molecule has 1 amide bonds. The molecular formula is C12H14BrClFNO. The van der Waals surface area contributed by atoms with Gasteiger partial charge < -0.3 is 5.32 Å². The molecule has 1 aromatic carbocycles. The Morgan fingerprint density at radius 1 is 1.53 bits per heavy atom. The van der Waals surface area contributed by atoms with Crippen LogP contribution >= 0.6 is 27.5 Å². The maximum absolute atomic E-state index is 12.8. The minimum atomic E-state index is -0.450. The van der Waals surface area contributed by atoms with Crippen LogP contribution in [0.3, 0.4) is 0 Å². The van der Waals surface area contributed by atoms with Crippen LogP contribution in [-0.2, 0) is 0 Å². The van der Waals surface area contributed by atoms with Crippen molar-refractivity contribution in [3.63, 3.8) is 0 Å². The number of halogens is 3. The van der Waals surface area contributed by atoms with Crippen molar-refractivity contribution in [3.05, 3.63) is 34.6 Å². The molecule has 0 radical (unpaired) electrons. The Labute approximate surface area is 114 Å². The zero-order valence-electron chi connectivity index (χ0n) is 9.64. The Morgan fingerprint density at radius 3 is 2.71 bits per heavy atom. The van der Waals surface area contributed by atoms with Gasteiger partial charge >= 0.3 is 0 Å². The van der Waals surface area contributed by atoms with E-state index < -0.39 is 5.82 Å². The maximum Gasteiger partial charge on any atom is 0.253 e. The molecular weight excluding hydrogens is 308 g/mol. The molecule has 1 N–H and O–H groups in total. The van der Waals surface area contributed by atoms with Gasteiger partial charge in [0.05, 0.1) is 10.6 Å². The third kappa shape index (κ3) is 4.64. The van der Waals surface area contributed by atoms with Gasteiger partial charge in [0.15, 0.2) is 0 Å². The van der Waals surface area contributed by atoms with Crippen LogP contribution < -0.4 is 5.32 Å². The maximum atomic E-state index is 12.8. The molecule has 0 saturated carbocycles. The topological polar surface area (TPSA) is 29.1 Å². The fourth-order valence-electron chi connectivity index (χ4n) is 1.52. The summed E-state index contributed by atoms with van der Waals surface area (Å²) >= 11 is 9.22. The molecule has 0 spiro atoms. The largest absolute Gasteiger partial charge is 0.350 e. The summed E-state index contributed by atoms with van der Waals surface area (Å²) in [4.78, 5) is 12.2. The van der Waals surface area contributed by atoms with Crippen LogP contribution in [0.4, 0.5) is 4.39 Å². The Bertz CT molecular complexity index is 411. The zero-order chi connectivity index (χ0) is 13.0. The quantitative estimate of drug-likeness (QED) is 0.840. The van der Waals surface area contributed by atoms with Gasteiger partial charge in [-0.1, -0.05) is 34.5 Å². The third-order valence-electron chi connectivity index (χ3n) is 2.23. The Morgan fingerprint density at radius 2 is 2.18 bits per heavy atom. The molecule has 1 aromatic rings. The molecule has 0 aliphatic heterocycles. The SMILES string of the molecule is CC(Br)CC(C)NC(=O)c1ccc(F)cc1Cl. The van der Waals surface area contributed by atoms with Gasteiger partial charge in [-0.15, -0.1) is 0 Å². The summed E-state index contributed by atoms with van der Waals surface area (Å²) in [6.45, 7) is 3.92. The van der Waals surface area contributed by atoms with E-state index in [1.165, 1.54) is 12.1 Å². The molecule has 0 heterocycles. The van der Waals surface area contributed by atoms with E-state index in [1.807, 2.05) is 13.8 Å². The predicted molar refractivity (Wildman–Crippen MR) is 71.3 cm³/mol. The van der Waals surface area contributed by atoms with Crippen molar-refractivity contribution >= 4 is 33.4 Å². The van der Waals surface area contributed by atoms with Crippen molar-refractivity contribution in [2.45, 2.75) is 31.1 Å². The lowest BCUT2D eigenvalue weighted by atomic mass is 10.1. The van der Waals surface area contributed by atoms with E-state index >= 15 is 0 Å². The van der Waals surface area contributed by atoms with Gasteiger partial charge in [-0.25, -0.2) is 4.39 Å². The first kappa shape index (κ1) is 14.5. The molecule has 5 heteroatoms. The van der Waals surface area contributed by atoms with E-state index in [0.29, 0.717) is 10.4 Å². The lowest BCUT2D eigenvalue weighted by molar-refractivity contribution is 0.0939. The van der Waals surface area contributed by atoms with Gasteiger partial charge in [-0.3, -0.25) is 4.79 Å². The highest BCUT2D eigenvalue weighted by atomic mass is 79.9. The Hall–Kier alpha value is -0.610. The van der Waals surface area contributed by atoms with E-state index in [0.717, 1.165) is 12.5 Å². The fourth-order valence-corrected chi connectivity index (χ4v) is 2.34. The molecule has 0 aliphatic rings. The molecule has 0 aromatic heterocycles. The number of carbonyl (C=O) groups is 1. The summed E-state index contributed by atoms with van der Waals surface area (Å²) < 4.78 is 12.8. The second-order valence-electron chi connectivity index (χ2n) is 4.02. The van der Waals surface area contributed by atoms with Crippen LogP contribution in [0, 0.1) is 5.82 Å². The second-order valence-corrected chi connectivity index (χ2v) is 5.99. The number of amides is 1. The number of benzene rings is 1. The second kappa shape index (κ2) is 6.36. The van der Waals surface area contributed by atoms with Crippen molar-refractivity contribution in [3.8, 4) is 0 Å². The molecule has 0 fully saturated rings. The summed E-state index contributed by atoms with van der Waals surface area (Å²) in [5.74, 6) is -0.732. The molecule has 2 nitrogen and oxygen atoms in total. The summed E-state index contributed by atoms with van der Waals surface area (Å²) in [6.07, 6.45) is 0.810. The molecule has 2 unspecified atom stereocenters. The van der Waals surface area contributed by atoms with E-state index in [2.05, 4.69) is 21.2 Å². The number of hydrogen-bond donors (Lipinski definition) is 1. The summed E-state index contributed by atoms with van der Waals surface area (Å²) in [5.41, 5.74) is 0.294. The van der Waals surface area contributed by atoms with Crippen LogP contribution in [0.2, 0.25) is 5.02 Å². The van der Waals surface area contributed by atoms with E-state index in [4.69, 9.17) is 11.6 Å². The Kier molecular flexibility index (Phi) is 5.40. The summed E-state index contributed by atoms with van der Waals surface area (Å²) in [7, 11) is 0. The smallest absolute Gasteiger partial charge is 0.253 e. The fraction of sp³-hybridized carbons (Fsp3) is 0.417. The van der Waals surface area contributed by atoms with E-state index in [9.17, 15) is 9.18 Å². The molecule has 0 bridgehead atoms. The highest BCUT2D eigenvalue weighted by Crippen LogP contribution is 2.17. The minimum absolute atomic E-state index is 0.0259. The number of hydrogen-bond acceptors (Lipinski definition) is 1. The van der Waals surface area contributed by atoms with Gasteiger partial charge in [-0.05, 0) is 31.5 Å². The first-order valence-electron chi connectivity index (χ1n) is 5.30. The average molecular weight is 323 g/mol. The zero-order valence-corrected chi connectivity index (χ0v) is 12.0. The van der Waals surface area contributed by atoms with Crippen LogP contribution in [0.15, 0.2) is 18.2 Å². The molecule has 1 rings (SSSR count). The predicted octanol–water partition coefficient (Wildman–Crippen LogP) is 3.77. The van der Waals surface area contributed by atoms with Crippen molar-refractivity contribution in [1.29, 1.82) is 0 Å². The minimum Gasteiger partial charge on any atom is -0.350 e. The van der Waals surface area contributed by atoms with E-state index in [1.54, 1.807) is 0 Å². The molecule has 17 heavy (non-hydrogen) atoms. The van der Waals surface area contributed by atoms with Gasteiger partial charge in [0.2, 0.25) is 0 Å². The van der Waals surface area contributed by atoms with Gasteiger partial charge in [0, 0.05) is 10.9 Å². The van der Waals surface area contributed by atoms with E-state index in [-0.39, 0.29) is 17.0 Å². The summed E-state index contributed by atoms with van der Waals surface area (Å²) in [5, 5.41) is 2.94. The third-order valence-corrected chi connectivity index (χ3v) is 2.92. The van der Waals surface area contributed by atoms with Crippen LogP contribution in [-0.4, -0.2) is 16.8 Å². The number of rotatable bonds is 4. The lowest BCUT2D eigenvalue weighted by Gasteiger charge is -2.15. The average Bonchev–Trinajstić information content (AvgIpc) is 2.15. The first-order chi connectivity index (χ1) is 7.90. The van der Waals surface area contributed by atoms with Crippen LogP contribution in [0.25, 0.3) is 0 Å². The normalized spacial score (nSPS) is 14.2. The Balaban J connectivity index is 2.70. The van der Waals surface area contributed by atoms with Crippen molar-refractivity contribution in [2.24, 2.45) is 0 Å². The lowest BCUT2D eigenvalue weighted by Crippen LogP contribution is -2.34.